The van der Waals surface area contributed by atoms with Crippen molar-refractivity contribution in [1.29, 1.82) is 0 Å². The lowest BCUT2D eigenvalue weighted by Crippen LogP contribution is -2.65. The largest absolute Gasteiger partial charge is 0.493 e. The van der Waals surface area contributed by atoms with E-state index in [-0.39, 0.29) is 24.3 Å². The molecule has 2 aromatic carbocycles. The second-order valence-corrected chi connectivity index (χ2v) is 9.21. The van der Waals surface area contributed by atoms with Crippen LogP contribution in [0.3, 0.4) is 0 Å². The molecule has 2 aromatic rings. The van der Waals surface area contributed by atoms with Crippen LogP contribution in [0.4, 0.5) is 20.6 Å². The minimum atomic E-state index is -0.880. The number of benzene rings is 2. The highest BCUT2D eigenvalue weighted by Crippen LogP contribution is 2.43. The van der Waals surface area contributed by atoms with E-state index in [1.807, 2.05) is 0 Å². The van der Waals surface area contributed by atoms with Gasteiger partial charge in [0.15, 0.2) is 17.6 Å². The Morgan fingerprint density at radius 3 is 2.50 bits per heavy atom. The number of urea groups is 1. The van der Waals surface area contributed by atoms with Crippen molar-refractivity contribution in [2.24, 2.45) is 5.92 Å². The fraction of sp³-hybridized carbons (Fsp3) is 0.423. The zero-order valence-corrected chi connectivity index (χ0v) is 20.1. The van der Waals surface area contributed by atoms with Crippen LogP contribution in [0.15, 0.2) is 42.5 Å². The lowest BCUT2D eigenvalue weighted by atomic mass is 9.81. The summed E-state index contributed by atoms with van der Waals surface area (Å²) in [5.41, 5.74) is 0.706. The fourth-order valence-electron chi connectivity index (χ4n) is 5.52. The number of halogens is 1. The molecule has 36 heavy (non-hydrogen) atoms. The number of carbonyl (C=O) groups excluding carboxylic acids is 3. The third-order valence-corrected chi connectivity index (χ3v) is 7.15. The van der Waals surface area contributed by atoms with Crippen molar-refractivity contribution in [3.63, 3.8) is 0 Å². The number of rotatable bonds is 6. The molecule has 0 bridgehead atoms. The number of fused-ring (bicyclic) bond motifs is 3. The fourth-order valence-corrected chi connectivity index (χ4v) is 5.52. The maximum atomic E-state index is 13.7. The molecular formula is C26H28FN3O6. The number of amides is 4. The molecule has 2 heterocycles. The van der Waals surface area contributed by atoms with Gasteiger partial charge in [-0.05, 0) is 49.2 Å². The Labute approximate surface area is 208 Å². The summed E-state index contributed by atoms with van der Waals surface area (Å²) in [4.78, 5) is 42.7. The van der Waals surface area contributed by atoms with E-state index in [1.165, 1.54) is 43.4 Å². The van der Waals surface area contributed by atoms with Gasteiger partial charge >= 0.3 is 6.03 Å². The highest BCUT2D eigenvalue weighted by Gasteiger charge is 2.58. The number of nitrogens with zero attached hydrogens (tertiary/aromatic N) is 2. The third-order valence-electron chi connectivity index (χ3n) is 7.15. The van der Waals surface area contributed by atoms with E-state index in [0.717, 1.165) is 30.6 Å². The smallest absolute Gasteiger partial charge is 0.332 e. The van der Waals surface area contributed by atoms with Gasteiger partial charge in [0.25, 0.3) is 5.91 Å². The van der Waals surface area contributed by atoms with Gasteiger partial charge in [0.2, 0.25) is 5.91 Å². The Balaban J connectivity index is 1.43. The normalized spacial score (nSPS) is 25.3. The molecule has 10 heteroatoms. The summed E-state index contributed by atoms with van der Waals surface area (Å²) in [7, 11) is 3.02. The SMILES string of the molecule is COc1ccc(NC(=O)CN2C(=O)N(c3ccc(F)cc3)C(=O)C3OC4CCCCC4C32)cc1OC. The maximum Gasteiger partial charge on any atom is 0.332 e. The second kappa shape index (κ2) is 9.77. The monoisotopic (exact) mass is 497 g/mol. The van der Waals surface area contributed by atoms with Crippen LogP contribution in [-0.4, -0.2) is 61.8 Å². The second-order valence-electron chi connectivity index (χ2n) is 9.21. The average Bonchev–Trinajstić information content (AvgIpc) is 3.27. The molecule has 3 aliphatic rings. The van der Waals surface area contributed by atoms with Gasteiger partial charge in [0, 0.05) is 17.7 Å². The molecule has 4 atom stereocenters. The molecule has 1 saturated carbocycles. The van der Waals surface area contributed by atoms with Gasteiger partial charge in [-0.15, -0.1) is 0 Å². The first-order valence-corrected chi connectivity index (χ1v) is 12.0. The van der Waals surface area contributed by atoms with Gasteiger partial charge in [0.05, 0.1) is 32.1 Å². The van der Waals surface area contributed by atoms with Crippen LogP contribution >= 0.6 is 0 Å². The van der Waals surface area contributed by atoms with Crippen molar-refractivity contribution in [3.8, 4) is 11.5 Å². The van der Waals surface area contributed by atoms with E-state index < -0.39 is 35.8 Å². The number of hydrogen-bond donors (Lipinski definition) is 1. The number of imide groups is 1. The Bertz CT molecular complexity index is 1170. The Morgan fingerprint density at radius 1 is 1.06 bits per heavy atom. The van der Waals surface area contributed by atoms with Crippen molar-refractivity contribution in [3.05, 3.63) is 48.3 Å². The van der Waals surface area contributed by atoms with Gasteiger partial charge in [-0.25, -0.2) is 14.1 Å². The standard InChI is InChI=1S/C26H28FN3O6/c1-34-20-12-9-16(13-21(20)35-2)28-22(31)14-29-23-18-5-3-4-6-19(18)36-24(23)25(32)30(26(29)33)17-10-7-15(27)8-11-17/h7-13,18-19,23-24H,3-6,14H2,1-2H3,(H,28,31). The molecule has 0 spiro atoms. The van der Waals surface area contributed by atoms with Crippen molar-refractivity contribution in [2.45, 2.75) is 43.9 Å². The average molecular weight is 498 g/mol. The zero-order valence-electron chi connectivity index (χ0n) is 20.1. The van der Waals surface area contributed by atoms with Crippen LogP contribution in [0, 0.1) is 11.7 Å². The molecule has 4 unspecified atom stereocenters. The lowest BCUT2D eigenvalue weighted by Gasteiger charge is -2.42. The Kier molecular flexibility index (Phi) is 6.53. The summed E-state index contributed by atoms with van der Waals surface area (Å²) < 4.78 is 30.2. The zero-order chi connectivity index (χ0) is 25.4. The molecule has 3 fully saturated rings. The van der Waals surface area contributed by atoms with Crippen LogP contribution in [0.5, 0.6) is 11.5 Å². The van der Waals surface area contributed by atoms with E-state index in [1.54, 1.807) is 18.2 Å². The van der Waals surface area contributed by atoms with E-state index in [9.17, 15) is 18.8 Å². The minimum absolute atomic E-state index is 0.0269. The predicted molar refractivity (Wildman–Crippen MR) is 129 cm³/mol. The first-order chi connectivity index (χ1) is 17.4. The van der Waals surface area contributed by atoms with E-state index in [2.05, 4.69) is 5.32 Å². The highest BCUT2D eigenvalue weighted by molar-refractivity contribution is 6.18. The number of nitrogens with one attached hydrogen (secondary N) is 1. The highest BCUT2D eigenvalue weighted by atomic mass is 19.1. The summed E-state index contributed by atoms with van der Waals surface area (Å²) in [5.74, 6) is -0.454. The topological polar surface area (TPSA) is 97.4 Å². The summed E-state index contributed by atoms with van der Waals surface area (Å²) in [6, 6.07) is 8.92. The van der Waals surface area contributed by atoms with Crippen LogP contribution in [0.25, 0.3) is 0 Å². The number of hydrogen-bond acceptors (Lipinski definition) is 6. The number of anilines is 2. The molecule has 1 aliphatic carbocycles. The molecule has 2 aliphatic heterocycles. The van der Waals surface area contributed by atoms with Crippen LogP contribution in [-0.2, 0) is 14.3 Å². The summed E-state index contributed by atoms with van der Waals surface area (Å²) in [6.07, 6.45) is 2.57. The molecule has 190 valence electrons. The first kappa shape index (κ1) is 24.1. The maximum absolute atomic E-state index is 13.7. The summed E-state index contributed by atoms with van der Waals surface area (Å²) in [5, 5.41) is 2.80. The molecule has 9 nitrogen and oxygen atoms in total. The molecule has 0 radical (unpaired) electrons. The van der Waals surface area contributed by atoms with Gasteiger partial charge < -0.3 is 24.4 Å². The summed E-state index contributed by atoms with van der Waals surface area (Å²) in [6.45, 7) is -0.272. The van der Waals surface area contributed by atoms with Crippen LogP contribution < -0.4 is 19.7 Å². The molecule has 5 rings (SSSR count). The van der Waals surface area contributed by atoms with E-state index in [0.29, 0.717) is 17.2 Å². The van der Waals surface area contributed by atoms with E-state index in [4.69, 9.17) is 14.2 Å². The Hall–Kier alpha value is -3.66. The van der Waals surface area contributed by atoms with Gasteiger partial charge in [-0.1, -0.05) is 12.8 Å². The van der Waals surface area contributed by atoms with Crippen molar-refractivity contribution in [1.82, 2.24) is 4.90 Å². The van der Waals surface area contributed by atoms with Crippen molar-refractivity contribution >= 4 is 29.2 Å². The molecule has 2 saturated heterocycles. The third kappa shape index (κ3) is 4.26. The van der Waals surface area contributed by atoms with Gasteiger partial charge in [0.1, 0.15) is 12.4 Å². The predicted octanol–water partition coefficient (Wildman–Crippen LogP) is 3.58. The molecule has 0 aromatic heterocycles. The molecular weight excluding hydrogens is 469 g/mol. The Morgan fingerprint density at radius 2 is 1.78 bits per heavy atom. The molecule has 4 amide bonds. The first-order valence-electron chi connectivity index (χ1n) is 12.0. The van der Waals surface area contributed by atoms with E-state index >= 15 is 0 Å². The number of methoxy groups -OCH3 is 2. The van der Waals surface area contributed by atoms with Crippen molar-refractivity contribution < 1.29 is 33.0 Å². The van der Waals surface area contributed by atoms with Crippen molar-refractivity contribution in [2.75, 3.05) is 31.0 Å². The number of ether oxygens (including phenoxy) is 3. The number of carbonyl (C=O) groups is 3. The summed E-state index contributed by atoms with van der Waals surface area (Å²) >= 11 is 0. The van der Waals surface area contributed by atoms with Crippen LogP contribution in [0.2, 0.25) is 0 Å². The molecule has 1 N–H and O–H groups in total. The quantitative estimate of drug-likeness (QED) is 0.655. The van der Waals surface area contributed by atoms with Crippen LogP contribution in [0.1, 0.15) is 25.7 Å². The lowest BCUT2D eigenvalue weighted by molar-refractivity contribution is -0.133. The minimum Gasteiger partial charge on any atom is -0.493 e. The van der Waals surface area contributed by atoms with Gasteiger partial charge in [-0.2, -0.15) is 0 Å². The van der Waals surface area contributed by atoms with Gasteiger partial charge in [-0.3, -0.25) is 9.59 Å².